The molecule has 0 saturated carbocycles. The molecule has 2 aliphatic rings. The minimum Gasteiger partial charge on any atom is -0.480 e. The number of hydrogen-bond donors (Lipinski definition) is 4. The third-order valence-electron chi connectivity index (χ3n) is 8.71. The molecule has 0 unspecified atom stereocenters. The number of rotatable bonds is 13. The molecule has 0 aliphatic carbocycles. The number of nitrogens with one attached hydrogen (secondary N) is 3. The van der Waals surface area contributed by atoms with Crippen molar-refractivity contribution in [2.24, 2.45) is 5.92 Å². The Morgan fingerprint density at radius 2 is 1.61 bits per heavy atom. The Kier molecular flexibility index (Phi) is 14.1. The molecule has 1 fully saturated rings. The Morgan fingerprint density at radius 3 is 2.16 bits per heavy atom. The van der Waals surface area contributed by atoms with Crippen LogP contribution in [0.15, 0.2) is 18.5 Å². The van der Waals surface area contributed by atoms with E-state index < -0.39 is 35.9 Å². The Balaban J connectivity index is 0.000000463. The van der Waals surface area contributed by atoms with Crippen molar-refractivity contribution in [3.05, 3.63) is 35.3 Å². The maximum Gasteiger partial charge on any atom is 0.458 e. The highest BCUT2D eigenvalue weighted by Crippen LogP contribution is 2.33. The highest BCUT2D eigenvalue weighted by Gasteiger charge is 2.54. The van der Waals surface area contributed by atoms with E-state index in [-0.39, 0.29) is 6.54 Å². The molecule has 0 amide bonds. The van der Waals surface area contributed by atoms with E-state index in [2.05, 4.69) is 63.7 Å². The van der Waals surface area contributed by atoms with Gasteiger partial charge in [0.1, 0.15) is 29.8 Å². The molecule has 49 heavy (non-hydrogen) atoms. The zero-order chi connectivity index (χ0) is 36.4. The number of fused-ring (bicyclic) bond motifs is 1. The molecule has 2 aromatic heterocycles. The summed E-state index contributed by atoms with van der Waals surface area (Å²) in [5, 5.41) is 19.7. The number of aromatic nitrogens is 3. The lowest BCUT2D eigenvalue weighted by Crippen LogP contribution is -2.44. The maximum atomic E-state index is 11.9. The molecule has 0 bridgehead atoms. The molecule has 2 aliphatic heterocycles. The fourth-order valence-corrected chi connectivity index (χ4v) is 5.70. The van der Waals surface area contributed by atoms with Gasteiger partial charge in [0.25, 0.3) is 0 Å². The first-order valence-corrected chi connectivity index (χ1v) is 16.4. The van der Waals surface area contributed by atoms with Gasteiger partial charge < -0.3 is 26.0 Å². The second-order valence-electron chi connectivity index (χ2n) is 11.9. The zero-order valence-electron chi connectivity index (χ0n) is 27.7. The average molecular weight is 704 g/mol. The number of aryl methyl sites for hydroxylation is 1. The van der Waals surface area contributed by atoms with E-state index in [9.17, 15) is 45.8 Å². The predicted octanol–water partition coefficient (Wildman–Crippen LogP) is 5.32. The van der Waals surface area contributed by atoms with Crippen molar-refractivity contribution in [1.82, 2.24) is 20.3 Å². The molecule has 2 aromatic rings. The average Bonchev–Trinajstić information content (AvgIpc) is 3.08. The van der Waals surface area contributed by atoms with Crippen molar-refractivity contribution in [2.45, 2.75) is 90.0 Å². The van der Waals surface area contributed by atoms with Crippen LogP contribution in [-0.4, -0.2) is 88.7 Å². The number of nitrogens with zero attached hydrogens (tertiary/aromatic N) is 4. The van der Waals surface area contributed by atoms with E-state index in [1.807, 2.05) is 0 Å². The smallest absolute Gasteiger partial charge is 0.458 e. The molecule has 272 valence electrons. The molecular weight excluding hydrogens is 660 g/mol. The second kappa shape index (κ2) is 17.6. The molecule has 1 saturated heterocycles. The van der Waals surface area contributed by atoms with Crippen molar-refractivity contribution in [2.75, 3.05) is 48.3 Å². The van der Waals surface area contributed by atoms with Gasteiger partial charge in [0.15, 0.2) is 0 Å². The van der Waals surface area contributed by atoms with Crippen LogP contribution >= 0.6 is 0 Å². The number of halogens is 6. The van der Waals surface area contributed by atoms with E-state index in [4.69, 9.17) is 4.98 Å². The van der Waals surface area contributed by atoms with Gasteiger partial charge in [-0.1, -0.05) is 39.7 Å². The first-order chi connectivity index (χ1) is 23.1. The summed E-state index contributed by atoms with van der Waals surface area (Å²) in [4.78, 5) is 47.5. The van der Waals surface area contributed by atoms with Crippen LogP contribution in [0.4, 0.5) is 43.8 Å². The van der Waals surface area contributed by atoms with Gasteiger partial charge in [0, 0.05) is 43.4 Å². The van der Waals surface area contributed by atoms with Gasteiger partial charge in [-0.25, -0.2) is 15.0 Å². The van der Waals surface area contributed by atoms with E-state index >= 15 is 0 Å². The Morgan fingerprint density at radius 1 is 0.980 bits per heavy atom. The summed E-state index contributed by atoms with van der Waals surface area (Å²) in [7, 11) is 0. The van der Waals surface area contributed by atoms with Crippen LogP contribution in [0, 0.1) is 5.92 Å². The SMILES string of the molecule is CCc1c(NC[C@H](NCC(CC)CC)C(=O)O)ncnc1N1CCC(c2ccc3c(n2)NCCC3)CC1.O=C(C(=O)C(F)(F)F)C(F)(F)F. The summed E-state index contributed by atoms with van der Waals surface area (Å²) in [5.41, 5.74) is 3.56. The first kappa shape index (κ1) is 39.4. The van der Waals surface area contributed by atoms with Gasteiger partial charge in [-0.2, -0.15) is 26.3 Å². The molecule has 1 atom stereocenters. The lowest BCUT2D eigenvalue weighted by Gasteiger charge is -2.34. The predicted molar refractivity (Wildman–Crippen MR) is 171 cm³/mol. The summed E-state index contributed by atoms with van der Waals surface area (Å²) in [6.45, 7) is 10.2. The van der Waals surface area contributed by atoms with Crippen LogP contribution in [0.1, 0.15) is 75.6 Å². The standard InChI is InChI=1S/C28H43N7O2.C4F6O2/c1-4-19(5-2)16-30-24(28(36)37)17-31-26-22(6-3)27(33-18-32-26)35-14-11-20(12-15-35)23-10-9-21-8-7-13-29-25(21)34-23;5-3(6,7)1(11)2(12)4(8,9)10/h9-10,18-20,24,30H,4-8,11-17H2,1-3H3,(H,29,34)(H,36,37)(H,31,32,33);/t24-;/m0./s1. The van der Waals surface area contributed by atoms with Crippen LogP contribution in [-0.2, 0) is 27.2 Å². The monoisotopic (exact) mass is 703 g/mol. The molecule has 11 nitrogen and oxygen atoms in total. The number of carbonyl (C=O) groups is 3. The van der Waals surface area contributed by atoms with Crippen LogP contribution < -0.4 is 20.9 Å². The van der Waals surface area contributed by atoms with E-state index in [0.29, 0.717) is 18.4 Å². The molecule has 17 heteroatoms. The number of anilines is 3. The number of carboxylic acids is 1. The fourth-order valence-electron chi connectivity index (χ4n) is 5.70. The Bertz CT molecular complexity index is 1400. The second-order valence-corrected chi connectivity index (χ2v) is 11.9. The number of hydrogen-bond acceptors (Lipinski definition) is 10. The van der Waals surface area contributed by atoms with Crippen LogP contribution in [0.5, 0.6) is 0 Å². The van der Waals surface area contributed by atoms with Gasteiger partial charge in [0.05, 0.1) is 0 Å². The van der Waals surface area contributed by atoms with Crippen LogP contribution in [0.25, 0.3) is 0 Å². The lowest BCUT2D eigenvalue weighted by molar-refractivity contribution is -0.193. The van der Waals surface area contributed by atoms with Gasteiger partial charge in [0.2, 0.25) is 0 Å². The molecule has 4 rings (SSSR count). The maximum absolute atomic E-state index is 11.9. The van der Waals surface area contributed by atoms with Gasteiger partial charge in [-0.05, 0) is 56.2 Å². The van der Waals surface area contributed by atoms with Crippen molar-refractivity contribution in [3.8, 4) is 0 Å². The minimum absolute atomic E-state index is 0.277. The van der Waals surface area contributed by atoms with E-state index in [1.165, 1.54) is 17.7 Å². The summed E-state index contributed by atoms with van der Waals surface area (Å²) < 4.78 is 67.0. The highest BCUT2D eigenvalue weighted by molar-refractivity contribution is 6.41. The van der Waals surface area contributed by atoms with Crippen molar-refractivity contribution in [3.63, 3.8) is 0 Å². The third kappa shape index (κ3) is 11.0. The number of carbonyl (C=O) groups excluding carboxylic acids is 2. The lowest BCUT2D eigenvalue weighted by atomic mass is 9.92. The Labute approximate surface area is 280 Å². The number of piperidine rings is 1. The summed E-state index contributed by atoms with van der Waals surface area (Å²) in [6, 6.07) is 3.79. The summed E-state index contributed by atoms with van der Waals surface area (Å²) in [6.07, 6.45) is -2.76. The number of pyridine rings is 1. The third-order valence-corrected chi connectivity index (χ3v) is 8.71. The first-order valence-electron chi connectivity index (χ1n) is 16.4. The molecule has 0 radical (unpaired) electrons. The van der Waals surface area contributed by atoms with Gasteiger partial charge in [-0.15, -0.1) is 0 Å². The molecule has 0 spiro atoms. The molecule has 4 heterocycles. The number of ketones is 2. The van der Waals surface area contributed by atoms with Gasteiger partial charge >= 0.3 is 29.9 Å². The summed E-state index contributed by atoms with van der Waals surface area (Å²) in [5.74, 6) is -3.98. The van der Waals surface area contributed by atoms with Crippen molar-refractivity contribution in [1.29, 1.82) is 0 Å². The quantitative estimate of drug-likeness (QED) is 0.159. The van der Waals surface area contributed by atoms with Crippen LogP contribution in [0.2, 0.25) is 0 Å². The Hall–Kier alpha value is -4.02. The van der Waals surface area contributed by atoms with E-state index in [1.54, 1.807) is 6.33 Å². The highest BCUT2D eigenvalue weighted by atomic mass is 19.4. The molecular formula is C32H43F6N7O4. The molecule has 4 N–H and O–H groups in total. The number of aliphatic carboxylic acids is 1. The van der Waals surface area contributed by atoms with Crippen molar-refractivity contribution >= 4 is 35.0 Å². The summed E-state index contributed by atoms with van der Waals surface area (Å²) >= 11 is 0. The van der Waals surface area contributed by atoms with E-state index in [0.717, 1.165) is 81.2 Å². The number of Topliss-reactive ketones (excluding diaryl/α,β-unsaturated/α-hetero) is 2. The minimum atomic E-state index is -5.77. The number of carboxylic acid groups (broad SMARTS) is 1. The number of alkyl halides is 6. The van der Waals surface area contributed by atoms with Gasteiger partial charge in [-0.3, -0.25) is 14.4 Å². The normalized spacial score (nSPS) is 15.8. The van der Waals surface area contributed by atoms with Crippen molar-refractivity contribution < 1.29 is 45.8 Å². The zero-order valence-corrected chi connectivity index (χ0v) is 27.7. The topological polar surface area (TPSA) is 149 Å². The fraction of sp³-hybridized carbons (Fsp3) is 0.625. The largest absolute Gasteiger partial charge is 0.480 e. The molecule has 0 aromatic carbocycles. The van der Waals surface area contributed by atoms with Crippen LogP contribution in [0.3, 0.4) is 0 Å².